The predicted octanol–water partition coefficient (Wildman–Crippen LogP) is 1.57. The van der Waals surface area contributed by atoms with Gasteiger partial charge in [0.1, 0.15) is 10.9 Å². The number of rotatable bonds is 2. The largest absolute Gasteiger partial charge is 0.345 e. The summed E-state index contributed by atoms with van der Waals surface area (Å²) in [4.78, 5) is 25.4. The van der Waals surface area contributed by atoms with Crippen molar-refractivity contribution >= 4 is 26.8 Å². The number of carbonyl (C=O) groups is 1. The topological polar surface area (TPSA) is 96.0 Å². The quantitative estimate of drug-likeness (QED) is 0.752. The van der Waals surface area contributed by atoms with Crippen molar-refractivity contribution in [1.82, 2.24) is 19.9 Å². The molecule has 2 aromatic heterocycles. The van der Waals surface area contributed by atoms with Crippen LogP contribution in [0.15, 0.2) is 48.9 Å². The molecule has 0 saturated carbocycles. The van der Waals surface area contributed by atoms with E-state index in [0.29, 0.717) is 11.3 Å². The third-order valence-corrected chi connectivity index (χ3v) is 6.49. The molecule has 1 aliphatic heterocycles. The van der Waals surface area contributed by atoms with Gasteiger partial charge in [-0.2, -0.15) is 0 Å². The van der Waals surface area contributed by atoms with Crippen LogP contribution < -0.4 is 0 Å². The lowest BCUT2D eigenvalue weighted by molar-refractivity contribution is 0.0752. The number of aromatic amines is 1. The van der Waals surface area contributed by atoms with Crippen LogP contribution >= 0.6 is 0 Å². The second-order valence-corrected chi connectivity index (χ2v) is 8.30. The van der Waals surface area contributed by atoms with Crippen LogP contribution in [0.25, 0.3) is 11.0 Å². The molecule has 0 spiro atoms. The molecule has 1 unspecified atom stereocenters. The van der Waals surface area contributed by atoms with Crippen molar-refractivity contribution in [3.05, 3.63) is 60.2 Å². The highest BCUT2D eigenvalue weighted by Crippen LogP contribution is 2.30. The minimum absolute atomic E-state index is 0.0583. The number of pyridine rings is 1. The molecule has 0 bridgehead atoms. The number of hydrogen-bond acceptors (Lipinski definition) is 5. The Bertz CT molecular complexity index is 1030. The van der Waals surface area contributed by atoms with E-state index in [-0.39, 0.29) is 24.7 Å². The zero-order chi connectivity index (χ0) is 17.4. The fourth-order valence-electron chi connectivity index (χ4n) is 3.09. The molecule has 1 fully saturated rings. The van der Waals surface area contributed by atoms with E-state index in [0.717, 1.165) is 11.0 Å². The molecule has 3 aromatic rings. The molecule has 1 amide bonds. The van der Waals surface area contributed by atoms with Crippen LogP contribution in [-0.2, 0) is 9.84 Å². The number of H-pyrrole nitrogens is 1. The molecule has 8 heteroatoms. The zero-order valence-corrected chi connectivity index (χ0v) is 14.1. The molecule has 1 atom stereocenters. The van der Waals surface area contributed by atoms with Gasteiger partial charge in [-0.25, -0.2) is 13.4 Å². The van der Waals surface area contributed by atoms with E-state index in [1.807, 2.05) is 0 Å². The summed E-state index contributed by atoms with van der Waals surface area (Å²) in [7, 11) is -3.33. The van der Waals surface area contributed by atoms with E-state index in [2.05, 4.69) is 15.0 Å². The minimum atomic E-state index is -3.33. The number of benzene rings is 1. The molecule has 1 N–H and O–H groups in total. The van der Waals surface area contributed by atoms with Crippen LogP contribution in [0.5, 0.6) is 0 Å². The van der Waals surface area contributed by atoms with Gasteiger partial charge in [0, 0.05) is 19.3 Å². The molecular weight excluding hydrogens is 340 g/mol. The van der Waals surface area contributed by atoms with E-state index in [1.54, 1.807) is 53.8 Å². The Morgan fingerprint density at radius 1 is 1.20 bits per heavy atom. The van der Waals surface area contributed by atoms with Gasteiger partial charge in [0.2, 0.25) is 0 Å². The van der Waals surface area contributed by atoms with Gasteiger partial charge in [-0.05, 0) is 29.8 Å². The molecule has 0 radical (unpaired) electrons. The number of carbonyl (C=O) groups excluding carboxylic acids is 1. The van der Waals surface area contributed by atoms with Gasteiger partial charge >= 0.3 is 0 Å². The number of imidazole rings is 1. The maximum Gasteiger partial charge on any atom is 0.272 e. The molecular formula is C17H16N4O3S. The third-order valence-electron chi connectivity index (χ3n) is 4.45. The van der Waals surface area contributed by atoms with Crippen molar-refractivity contribution in [2.24, 2.45) is 0 Å². The highest BCUT2D eigenvalue weighted by molar-refractivity contribution is 7.91. The number of hydrogen-bond donors (Lipinski definition) is 1. The molecule has 128 valence electrons. The Morgan fingerprint density at radius 3 is 2.88 bits per heavy atom. The molecule has 4 rings (SSSR count). The summed E-state index contributed by atoms with van der Waals surface area (Å²) in [5, 5.41) is -0.749. The molecule has 1 saturated heterocycles. The van der Waals surface area contributed by atoms with Crippen molar-refractivity contribution in [2.45, 2.75) is 5.25 Å². The highest BCUT2D eigenvalue weighted by Gasteiger charge is 2.36. The van der Waals surface area contributed by atoms with Gasteiger partial charge in [-0.15, -0.1) is 0 Å². The number of nitrogens with zero attached hydrogens (tertiary/aromatic N) is 3. The van der Waals surface area contributed by atoms with Crippen LogP contribution in [-0.4, -0.2) is 53.0 Å². The average molecular weight is 356 g/mol. The van der Waals surface area contributed by atoms with Gasteiger partial charge in [-0.3, -0.25) is 9.78 Å². The molecule has 7 nitrogen and oxygen atoms in total. The van der Waals surface area contributed by atoms with Crippen molar-refractivity contribution < 1.29 is 13.2 Å². The molecule has 1 aromatic carbocycles. The summed E-state index contributed by atoms with van der Waals surface area (Å²) in [6, 6.07) is 10.5. The lowest BCUT2D eigenvalue weighted by atomic mass is 10.1. The van der Waals surface area contributed by atoms with E-state index >= 15 is 0 Å². The Kier molecular flexibility index (Phi) is 3.76. The fourth-order valence-corrected chi connectivity index (χ4v) is 4.81. The smallest absolute Gasteiger partial charge is 0.272 e. The van der Waals surface area contributed by atoms with Crippen molar-refractivity contribution in [2.75, 3.05) is 18.8 Å². The maximum absolute atomic E-state index is 12.6. The average Bonchev–Trinajstić information content (AvgIpc) is 3.09. The Labute approximate surface area is 144 Å². The lowest BCUT2D eigenvalue weighted by Crippen LogP contribution is -2.45. The second-order valence-electron chi connectivity index (χ2n) is 6.00. The van der Waals surface area contributed by atoms with Gasteiger partial charge < -0.3 is 9.88 Å². The Morgan fingerprint density at radius 2 is 2.08 bits per heavy atom. The van der Waals surface area contributed by atoms with Gasteiger partial charge in [0.05, 0.1) is 23.1 Å². The van der Waals surface area contributed by atoms with E-state index in [9.17, 15) is 13.2 Å². The summed E-state index contributed by atoms with van der Waals surface area (Å²) in [5.74, 6) is -0.305. The Balaban J connectivity index is 1.66. The van der Waals surface area contributed by atoms with Crippen molar-refractivity contribution in [3.8, 4) is 0 Å². The normalized spacial score (nSPS) is 19.8. The van der Waals surface area contributed by atoms with Crippen LogP contribution in [0.2, 0.25) is 0 Å². The van der Waals surface area contributed by atoms with Crippen LogP contribution in [0.1, 0.15) is 21.3 Å². The molecule has 25 heavy (non-hydrogen) atoms. The van der Waals surface area contributed by atoms with Crippen molar-refractivity contribution in [3.63, 3.8) is 0 Å². The monoisotopic (exact) mass is 356 g/mol. The first-order valence-electron chi connectivity index (χ1n) is 7.89. The summed E-state index contributed by atoms with van der Waals surface area (Å²) >= 11 is 0. The summed E-state index contributed by atoms with van der Waals surface area (Å²) in [5.41, 5.74) is 2.54. The van der Waals surface area contributed by atoms with Gasteiger partial charge in [0.25, 0.3) is 5.91 Å². The van der Waals surface area contributed by atoms with Crippen LogP contribution in [0, 0.1) is 0 Å². The second kappa shape index (κ2) is 5.96. The van der Waals surface area contributed by atoms with E-state index in [1.165, 1.54) is 0 Å². The standard InChI is InChI=1S/C17H16N4O3S/c22-17(14-3-1-2-6-18-14)21-7-8-25(23,24)16(10-21)12-4-5-13-15(9-12)20-11-19-13/h1-6,9,11,16H,7-8,10H2,(H,19,20). The summed E-state index contributed by atoms with van der Waals surface area (Å²) in [6.45, 7) is 0.303. The number of amides is 1. The molecule has 3 heterocycles. The van der Waals surface area contributed by atoms with E-state index in [4.69, 9.17) is 0 Å². The van der Waals surface area contributed by atoms with Crippen LogP contribution in [0.3, 0.4) is 0 Å². The van der Waals surface area contributed by atoms with Gasteiger partial charge in [-0.1, -0.05) is 12.1 Å². The summed E-state index contributed by atoms with van der Waals surface area (Å²) in [6.07, 6.45) is 3.12. The number of aromatic nitrogens is 3. The van der Waals surface area contributed by atoms with Crippen molar-refractivity contribution in [1.29, 1.82) is 0 Å². The fraction of sp³-hybridized carbons (Fsp3) is 0.235. The SMILES string of the molecule is O=C(c1ccccn1)N1CCS(=O)(=O)C(c2ccc3nc[nH]c3c2)C1. The zero-order valence-electron chi connectivity index (χ0n) is 13.3. The third kappa shape index (κ3) is 2.89. The molecule has 1 aliphatic rings. The highest BCUT2D eigenvalue weighted by atomic mass is 32.2. The predicted molar refractivity (Wildman–Crippen MR) is 92.8 cm³/mol. The first kappa shape index (κ1) is 15.8. The van der Waals surface area contributed by atoms with Gasteiger partial charge in [0.15, 0.2) is 9.84 Å². The maximum atomic E-state index is 12.6. The van der Waals surface area contributed by atoms with Crippen LogP contribution in [0.4, 0.5) is 0 Å². The molecule has 0 aliphatic carbocycles. The van der Waals surface area contributed by atoms with E-state index < -0.39 is 15.1 Å². The summed E-state index contributed by atoms with van der Waals surface area (Å²) < 4.78 is 25.2. The first-order valence-corrected chi connectivity index (χ1v) is 9.61. The first-order chi connectivity index (χ1) is 12.0. The minimum Gasteiger partial charge on any atom is -0.345 e. The number of fused-ring (bicyclic) bond motifs is 1. The number of nitrogens with one attached hydrogen (secondary N) is 1. The lowest BCUT2D eigenvalue weighted by Gasteiger charge is -2.32. The number of sulfone groups is 1. The Hall–Kier alpha value is -2.74.